The van der Waals surface area contributed by atoms with E-state index in [2.05, 4.69) is 10.2 Å². The lowest BCUT2D eigenvalue weighted by molar-refractivity contribution is 0.102. The van der Waals surface area contributed by atoms with Crippen molar-refractivity contribution in [2.24, 2.45) is 0 Å². The van der Waals surface area contributed by atoms with Crippen molar-refractivity contribution in [3.63, 3.8) is 0 Å². The molecule has 0 N–H and O–H groups in total. The highest BCUT2D eigenvalue weighted by Crippen LogP contribution is 2.41. The third kappa shape index (κ3) is 4.58. The maximum absolute atomic E-state index is 12.7. The number of ketones is 1. The van der Waals surface area contributed by atoms with Crippen LogP contribution >= 0.6 is 11.8 Å². The van der Waals surface area contributed by atoms with E-state index < -0.39 is 0 Å². The molecule has 170 valence electrons. The van der Waals surface area contributed by atoms with Crippen molar-refractivity contribution in [3.8, 4) is 28.6 Å². The van der Waals surface area contributed by atoms with E-state index in [0.29, 0.717) is 33.8 Å². The van der Waals surface area contributed by atoms with Crippen LogP contribution in [0.15, 0.2) is 66.1 Å². The average Bonchev–Trinajstić information content (AvgIpc) is 3.51. The van der Waals surface area contributed by atoms with Crippen LogP contribution in [0.4, 0.5) is 0 Å². The van der Waals surface area contributed by atoms with E-state index >= 15 is 0 Å². The predicted octanol–water partition coefficient (Wildman–Crippen LogP) is 4.37. The van der Waals surface area contributed by atoms with E-state index in [0.717, 1.165) is 11.1 Å². The normalized spacial score (nSPS) is 10.8. The van der Waals surface area contributed by atoms with Gasteiger partial charge in [0.15, 0.2) is 23.1 Å². The van der Waals surface area contributed by atoms with Gasteiger partial charge in [-0.3, -0.25) is 9.47 Å². The van der Waals surface area contributed by atoms with E-state index in [-0.39, 0.29) is 11.5 Å². The number of hydrogen-bond donors (Lipinski definition) is 0. The monoisotopic (exact) mass is 464 g/mol. The van der Waals surface area contributed by atoms with Gasteiger partial charge in [-0.05, 0) is 31.2 Å². The van der Waals surface area contributed by atoms with Crippen molar-refractivity contribution in [2.75, 3.05) is 27.1 Å². The fourth-order valence-electron chi connectivity index (χ4n) is 3.37. The lowest BCUT2D eigenvalue weighted by Crippen LogP contribution is -2.11. The minimum atomic E-state index is 0.0244. The summed E-state index contributed by atoms with van der Waals surface area (Å²) in [5, 5.41) is 9.37. The van der Waals surface area contributed by atoms with Gasteiger partial charge in [0, 0.05) is 23.5 Å². The van der Waals surface area contributed by atoms with Gasteiger partial charge < -0.3 is 14.2 Å². The van der Waals surface area contributed by atoms with Crippen LogP contribution in [0.1, 0.15) is 15.9 Å². The Kier molecular flexibility index (Phi) is 6.69. The molecule has 4 aromatic rings. The number of hydrogen-bond acceptors (Lipinski definition) is 7. The zero-order valence-electron chi connectivity index (χ0n) is 18.8. The Labute approximate surface area is 196 Å². The van der Waals surface area contributed by atoms with Crippen LogP contribution in [-0.4, -0.2) is 52.4 Å². The Hall–Kier alpha value is -3.72. The van der Waals surface area contributed by atoms with Crippen molar-refractivity contribution in [2.45, 2.75) is 12.1 Å². The predicted molar refractivity (Wildman–Crippen MR) is 127 cm³/mol. The van der Waals surface area contributed by atoms with Gasteiger partial charge in [-0.25, -0.2) is 4.68 Å². The summed E-state index contributed by atoms with van der Waals surface area (Å²) in [5.41, 5.74) is 2.51. The zero-order valence-corrected chi connectivity index (χ0v) is 19.6. The van der Waals surface area contributed by atoms with E-state index in [1.807, 2.05) is 77.2 Å². The maximum Gasteiger partial charge on any atom is 0.211 e. The molecular weight excluding hydrogens is 440 g/mol. The molecule has 0 fully saturated rings. The van der Waals surface area contributed by atoms with Crippen LogP contribution in [0.3, 0.4) is 0 Å². The van der Waals surface area contributed by atoms with Gasteiger partial charge in [-0.1, -0.05) is 41.6 Å². The second-order valence-corrected chi connectivity index (χ2v) is 8.12. The number of carbonyl (C=O) groups excluding carboxylic acids is 1. The van der Waals surface area contributed by atoms with Crippen LogP contribution in [0.25, 0.3) is 11.4 Å². The molecule has 2 heterocycles. The van der Waals surface area contributed by atoms with Crippen LogP contribution in [0, 0.1) is 6.92 Å². The third-order valence-corrected chi connectivity index (χ3v) is 5.98. The number of methoxy groups -OCH3 is 3. The van der Waals surface area contributed by atoms with Crippen molar-refractivity contribution in [3.05, 3.63) is 72.1 Å². The Morgan fingerprint density at radius 3 is 2.15 bits per heavy atom. The molecule has 0 aliphatic rings. The summed E-state index contributed by atoms with van der Waals surface area (Å²) < 4.78 is 20.1. The lowest BCUT2D eigenvalue weighted by atomic mass is 10.1. The molecule has 0 saturated heterocycles. The first kappa shape index (κ1) is 22.5. The topological polar surface area (TPSA) is 80.4 Å². The number of aromatic nitrogens is 4. The number of Topliss-reactive ketones (excluding diaryl/α,β-unsaturated/α-hetero) is 1. The van der Waals surface area contributed by atoms with Gasteiger partial charge in [0.1, 0.15) is 0 Å². The number of aryl methyl sites for hydroxylation is 1. The van der Waals surface area contributed by atoms with Crippen LogP contribution < -0.4 is 14.2 Å². The van der Waals surface area contributed by atoms with E-state index in [1.54, 1.807) is 21.3 Å². The Balaban J connectivity index is 1.71. The smallest absolute Gasteiger partial charge is 0.211 e. The first-order valence-electron chi connectivity index (χ1n) is 10.2. The van der Waals surface area contributed by atoms with Crippen molar-refractivity contribution in [1.82, 2.24) is 19.5 Å². The van der Waals surface area contributed by atoms with E-state index in [1.165, 1.54) is 11.8 Å². The zero-order chi connectivity index (χ0) is 23.4. The molecule has 0 aliphatic carbocycles. The maximum atomic E-state index is 12.7. The van der Waals surface area contributed by atoms with E-state index in [4.69, 9.17) is 14.2 Å². The summed E-state index contributed by atoms with van der Waals surface area (Å²) in [7, 11) is 4.69. The van der Waals surface area contributed by atoms with Gasteiger partial charge in [0.25, 0.3) is 0 Å². The summed E-state index contributed by atoms with van der Waals surface area (Å²) in [6.45, 7) is 1.99. The highest BCUT2D eigenvalue weighted by Gasteiger charge is 2.21. The minimum Gasteiger partial charge on any atom is -0.493 e. The Morgan fingerprint density at radius 1 is 0.939 bits per heavy atom. The molecule has 0 saturated carbocycles. The number of nitrogens with zero attached hydrogens (tertiary/aromatic N) is 4. The van der Waals surface area contributed by atoms with Gasteiger partial charge >= 0.3 is 0 Å². The number of rotatable bonds is 9. The van der Waals surface area contributed by atoms with Crippen LogP contribution in [0.2, 0.25) is 0 Å². The Bertz CT molecular complexity index is 1230. The first-order valence-corrected chi connectivity index (χ1v) is 11.2. The second-order valence-electron chi connectivity index (χ2n) is 7.17. The molecule has 0 atom stereocenters. The quantitative estimate of drug-likeness (QED) is 0.269. The van der Waals surface area contributed by atoms with Gasteiger partial charge in [0.2, 0.25) is 10.9 Å². The van der Waals surface area contributed by atoms with Crippen LogP contribution in [-0.2, 0) is 0 Å². The van der Waals surface area contributed by atoms with E-state index in [9.17, 15) is 4.79 Å². The van der Waals surface area contributed by atoms with Gasteiger partial charge in [-0.2, -0.15) is 0 Å². The van der Waals surface area contributed by atoms with Gasteiger partial charge in [-0.15, -0.1) is 10.2 Å². The minimum absolute atomic E-state index is 0.0244. The number of thioether (sulfide) groups is 1. The number of benzene rings is 2. The highest BCUT2D eigenvalue weighted by molar-refractivity contribution is 7.99. The average molecular weight is 465 g/mol. The molecule has 0 unspecified atom stereocenters. The molecule has 4 rings (SSSR count). The van der Waals surface area contributed by atoms with Crippen molar-refractivity contribution >= 4 is 17.5 Å². The molecule has 0 bridgehead atoms. The summed E-state index contributed by atoms with van der Waals surface area (Å²) in [4.78, 5) is 12.7. The molecule has 2 aromatic heterocycles. The molecule has 8 nitrogen and oxygen atoms in total. The Morgan fingerprint density at radius 2 is 1.58 bits per heavy atom. The van der Waals surface area contributed by atoms with Crippen molar-refractivity contribution in [1.29, 1.82) is 0 Å². The standard InChI is InChI=1S/C24H24N4O4S/c1-16-7-9-17(10-8-16)19(29)15-33-24-26-25-23(28(24)27-11-5-6-12-27)18-13-20(30-2)22(32-4)21(14-18)31-3/h5-14H,15H2,1-4H3. The van der Waals surface area contributed by atoms with Crippen LogP contribution in [0.5, 0.6) is 17.2 Å². The third-order valence-electron chi connectivity index (χ3n) is 5.06. The number of ether oxygens (including phenoxy) is 3. The second kappa shape index (κ2) is 9.83. The largest absolute Gasteiger partial charge is 0.493 e. The number of carbonyl (C=O) groups is 1. The molecule has 0 radical (unpaired) electrons. The molecule has 0 spiro atoms. The fourth-order valence-corrected chi connectivity index (χ4v) is 4.19. The summed E-state index contributed by atoms with van der Waals surface area (Å²) in [5.74, 6) is 2.34. The molecule has 2 aromatic carbocycles. The highest BCUT2D eigenvalue weighted by atomic mass is 32.2. The summed E-state index contributed by atoms with van der Waals surface area (Å²) in [6.07, 6.45) is 3.77. The molecule has 0 amide bonds. The lowest BCUT2D eigenvalue weighted by Gasteiger charge is -2.15. The summed E-state index contributed by atoms with van der Waals surface area (Å²) >= 11 is 1.33. The first-order chi connectivity index (χ1) is 16.0. The molecule has 33 heavy (non-hydrogen) atoms. The van der Waals surface area contributed by atoms with Crippen molar-refractivity contribution < 1.29 is 19.0 Å². The van der Waals surface area contributed by atoms with Gasteiger partial charge in [0.05, 0.1) is 27.1 Å². The molecule has 0 aliphatic heterocycles. The SMILES string of the molecule is COc1cc(-c2nnc(SCC(=O)c3ccc(C)cc3)n2-n2cccc2)cc(OC)c1OC. The summed E-state index contributed by atoms with van der Waals surface area (Å²) in [6, 6.07) is 15.0. The molecular formula is C24H24N4O4S. The fraction of sp³-hybridized carbons (Fsp3) is 0.208. The molecule has 9 heteroatoms.